The predicted octanol–water partition coefficient (Wildman–Crippen LogP) is 3.59. The number of urea groups is 1. The average Bonchev–Trinajstić information content (AvgIpc) is 3.14. The summed E-state index contributed by atoms with van der Waals surface area (Å²) in [6.45, 7) is 14.0. The summed E-state index contributed by atoms with van der Waals surface area (Å²) in [6.07, 6.45) is 4.88. The van der Waals surface area contributed by atoms with E-state index < -0.39 is 0 Å². The molecule has 6 heteroatoms. The molecule has 1 saturated heterocycles. The minimum absolute atomic E-state index is 0.00830. The van der Waals surface area contributed by atoms with E-state index in [2.05, 4.69) is 59.6 Å². The molecular weight excluding hydrogens is 350 g/mol. The minimum atomic E-state index is -0.00830. The number of imidazole rings is 1. The number of hydrogen-bond donors (Lipinski definition) is 1. The molecular formula is C22H33N5O. The second kappa shape index (κ2) is 8.78. The highest BCUT2D eigenvalue weighted by molar-refractivity contribution is 5.89. The van der Waals surface area contributed by atoms with E-state index in [0.29, 0.717) is 0 Å². The number of aromatic nitrogens is 2. The maximum Gasteiger partial charge on any atom is 0.321 e. The van der Waals surface area contributed by atoms with Crippen molar-refractivity contribution in [1.82, 2.24) is 19.4 Å². The largest absolute Gasteiger partial charge is 0.334 e. The molecule has 1 aromatic carbocycles. The maximum absolute atomic E-state index is 12.6. The number of benzene rings is 1. The van der Waals surface area contributed by atoms with E-state index >= 15 is 0 Å². The first-order valence-corrected chi connectivity index (χ1v) is 10.3. The molecule has 0 radical (unpaired) electrons. The van der Waals surface area contributed by atoms with Crippen LogP contribution in [0.15, 0.2) is 36.7 Å². The van der Waals surface area contributed by atoms with Crippen LogP contribution in [0.2, 0.25) is 0 Å². The lowest BCUT2D eigenvalue weighted by molar-refractivity contribution is 0.144. The van der Waals surface area contributed by atoms with Gasteiger partial charge in [0.05, 0.1) is 0 Å². The van der Waals surface area contributed by atoms with Crippen LogP contribution in [-0.2, 0) is 18.4 Å². The smallest absolute Gasteiger partial charge is 0.321 e. The topological polar surface area (TPSA) is 53.4 Å². The number of hydrogen-bond acceptors (Lipinski definition) is 3. The number of nitrogens with one attached hydrogen (secondary N) is 1. The molecule has 0 bridgehead atoms. The normalized spacial score (nSPS) is 15.6. The molecule has 1 aliphatic rings. The van der Waals surface area contributed by atoms with Crippen LogP contribution >= 0.6 is 0 Å². The van der Waals surface area contributed by atoms with Crippen molar-refractivity contribution in [2.75, 3.05) is 38.0 Å². The molecule has 0 unspecified atom stereocenters. The Morgan fingerprint density at radius 2 is 1.75 bits per heavy atom. The van der Waals surface area contributed by atoms with E-state index in [1.165, 1.54) is 5.56 Å². The molecule has 6 nitrogen and oxygen atoms in total. The number of aryl methyl sites for hydroxylation is 1. The highest BCUT2D eigenvalue weighted by atomic mass is 16.2. The van der Waals surface area contributed by atoms with Gasteiger partial charge in [-0.15, -0.1) is 0 Å². The van der Waals surface area contributed by atoms with Gasteiger partial charge in [-0.1, -0.05) is 39.8 Å². The SMILES string of the molecule is CCc1nccn1CCN1CCN(C(=O)Nc2ccc(C(C)(C)C)cc2)CC1. The Hall–Kier alpha value is -2.34. The van der Waals surface area contributed by atoms with Gasteiger partial charge >= 0.3 is 6.03 Å². The second-order valence-electron chi connectivity index (χ2n) is 8.48. The van der Waals surface area contributed by atoms with Crippen molar-refractivity contribution in [3.8, 4) is 0 Å². The Balaban J connectivity index is 1.44. The van der Waals surface area contributed by atoms with Gasteiger partial charge in [0.2, 0.25) is 0 Å². The zero-order chi connectivity index (χ0) is 20.1. The average molecular weight is 384 g/mol. The van der Waals surface area contributed by atoms with Crippen LogP contribution in [0.5, 0.6) is 0 Å². The summed E-state index contributed by atoms with van der Waals surface area (Å²) in [6, 6.07) is 8.16. The van der Waals surface area contributed by atoms with Gasteiger partial charge in [-0.05, 0) is 23.1 Å². The van der Waals surface area contributed by atoms with E-state index in [9.17, 15) is 4.79 Å². The summed E-state index contributed by atoms with van der Waals surface area (Å²) >= 11 is 0. The van der Waals surface area contributed by atoms with Gasteiger partial charge in [-0.25, -0.2) is 9.78 Å². The molecule has 2 heterocycles. The summed E-state index contributed by atoms with van der Waals surface area (Å²) in [7, 11) is 0. The molecule has 1 aliphatic heterocycles. The van der Waals surface area contributed by atoms with Gasteiger partial charge in [-0.3, -0.25) is 4.90 Å². The van der Waals surface area contributed by atoms with Crippen LogP contribution in [0.1, 0.15) is 39.1 Å². The van der Waals surface area contributed by atoms with Gasteiger partial charge in [0.1, 0.15) is 5.82 Å². The summed E-state index contributed by atoms with van der Waals surface area (Å²) < 4.78 is 2.22. The van der Waals surface area contributed by atoms with Crippen LogP contribution in [0, 0.1) is 0 Å². The zero-order valence-electron chi connectivity index (χ0n) is 17.6. The fourth-order valence-electron chi connectivity index (χ4n) is 3.54. The molecule has 1 aromatic heterocycles. The second-order valence-corrected chi connectivity index (χ2v) is 8.48. The fourth-order valence-corrected chi connectivity index (χ4v) is 3.54. The van der Waals surface area contributed by atoms with Crippen molar-refractivity contribution in [3.63, 3.8) is 0 Å². The third kappa shape index (κ3) is 5.13. The Morgan fingerprint density at radius 3 is 2.36 bits per heavy atom. The Labute approximate surface area is 168 Å². The first-order valence-electron chi connectivity index (χ1n) is 10.3. The number of anilines is 1. The molecule has 1 fully saturated rings. The molecule has 2 amide bonds. The maximum atomic E-state index is 12.6. The fraction of sp³-hybridized carbons (Fsp3) is 0.545. The van der Waals surface area contributed by atoms with Crippen molar-refractivity contribution >= 4 is 11.7 Å². The summed E-state index contributed by atoms with van der Waals surface area (Å²) in [5.41, 5.74) is 2.24. The molecule has 28 heavy (non-hydrogen) atoms. The number of carbonyl (C=O) groups is 1. The van der Waals surface area contributed by atoms with Crippen molar-refractivity contribution < 1.29 is 4.79 Å². The van der Waals surface area contributed by atoms with E-state index in [-0.39, 0.29) is 11.4 Å². The molecule has 152 valence electrons. The van der Waals surface area contributed by atoms with Crippen LogP contribution in [-0.4, -0.2) is 58.1 Å². The highest BCUT2D eigenvalue weighted by Gasteiger charge is 2.21. The molecule has 2 aromatic rings. The number of carbonyl (C=O) groups excluding carboxylic acids is 1. The molecule has 0 aliphatic carbocycles. The van der Waals surface area contributed by atoms with Crippen LogP contribution in [0.3, 0.4) is 0 Å². The zero-order valence-corrected chi connectivity index (χ0v) is 17.6. The molecule has 0 saturated carbocycles. The molecule has 3 rings (SSSR count). The standard InChI is InChI=1S/C22H33N5O/c1-5-20-23-10-11-26(20)15-12-25-13-16-27(17-14-25)21(28)24-19-8-6-18(7-9-19)22(2,3)4/h6-11H,5,12-17H2,1-4H3,(H,24,28). The lowest BCUT2D eigenvalue weighted by Gasteiger charge is -2.34. The first kappa shape index (κ1) is 20.4. The van der Waals surface area contributed by atoms with Gasteiger partial charge in [0.15, 0.2) is 0 Å². The minimum Gasteiger partial charge on any atom is -0.334 e. The number of rotatable bonds is 5. The Bertz CT molecular complexity index is 767. The van der Waals surface area contributed by atoms with E-state index in [0.717, 1.165) is 57.2 Å². The van der Waals surface area contributed by atoms with Crippen LogP contribution < -0.4 is 5.32 Å². The summed E-state index contributed by atoms with van der Waals surface area (Å²) in [5.74, 6) is 1.13. The van der Waals surface area contributed by atoms with Crippen molar-refractivity contribution in [1.29, 1.82) is 0 Å². The number of nitrogens with zero attached hydrogens (tertiary/aromatic N) is 4. The number of piperazine rings is 1. The van der Waals surface area contributed by atoms with Crippen molar-refractivity contribution in [2.24, 2.45) is 0 Å². The molecule has 0 atom stereocenters. The lowest BCUT2D eigenvalue weighted by Crippen LogP contribution is -2.50. The quantitative estimate of drug-likeness (QED) is 0.858. The van der Waals surface area contributed by atoms with E-state index in [1.807, 2.05) is 29.4 Å². The molecule has 0 spiro atoms. The van der Waals surface area contributed by atoms with Gasteiger partial charge in [-0.2, -0.15) is 0 Å². The van der Waals surface area contributed by atoms with Crippen molar-refractivity contribution in [2.45, 2.75) is 46.1 Å². The third-order valence-corrected chi connectivity index (χ3v) is 5.44. The van der Waals surface area contributed by atoms with Gasteiger partial charge < -0.3 is 14.8 Å². The van der Waals surface area contributed by atoms with Crippen LogP contribution in [0.25, 0.3) is 0 Å². The van der Waals surface area contributed by atoms with Gasteiger partial charge in [0, 0.05) is 63.8 Å². The Kier molecular flexibility index (Phi) is 6.39. The van der Waals surface area contributed by atoms with E-state index in [1.54, 1.807) is 0 Å². The van der Waals surface area contributed by atoms with Crippen molar-refractivity contribution in [3.05, 3.63) is 48.0 Å². The molecule has 1 N–H and O–H groups in total. The Morgan fingerprint density at radius 1 is 1.07 bits per heavy atom. The van der Waals surface area contributed by atoms with E-state index in [4.69, 9.17) is 0 Å². The summed E-state index contributed by atoms with van der Waals surface area (Å²) in [4.78, 5) is 21.3. The van der Waals surface area contributed by atoms with Crippen LogP contribution in [0.4, 0.5) is 10.5 Å². The monoisotopic (exact) mass is 383 g/mol. The summed E-state index contributed by atoms with van der Waals surface area (Å²) in [5, 5.41) is 3.03. The van der Waals surface area contributed by atoms with Gasteiger partial charge in [0.25, 0.3) is 0 Å². The lowest BCUT2D eigenvalue weighted by atomic mass is 9.87. The first-order chi connectivity index (χ1) is 13.4. The predicted molar refractivity (Wildman–Crippen MR) is 114 cm³/mol. The highest BCUT2D eigenvalue weighted by Crippen LogP contribution is 2.23. The number of amides is 2. The third-order valence-electron chi connectivity index (χ3n) is 5.44.